The molecule has 0 radical (unpaired) electrons. The van der Waals surface area contributed by atoms with Gasteiger partial charge >= 0.3 is 0 Å². The molecule has 0 saturated carbocycles. The third-order valence-electron chi connectivity index (χ3n) is 3.17. The minimum absolute atomic E-state index is 0.0825. The molecule has 0 fully saturated rings. The molecule has 0 aliphatic rings. The molecule has 0 aliphatic heterocycles. The number of nitrogens with two attached hydrogens (primary N) is 1. The van der Waals surface area contributed by atoms with Gasteiger partial charge in [-0.15, -0.1) is 11.3 Å². The molecule has 0 spiro atoms. The summed E-state index contributed by atoms with van der Waals surface area (Å²) in [6.07, 6.45) is 0.921. The zero-order chi connectivity index (χ0) is 13.2. The first-order valence-electron chi connectivity index (χ1n) is 6.36. The Morgan fingerprint density at radius 2 is 1.83 bits per heavy atom. The molecular formula is C16H21NS. The Kier molecular flexibility index (Phi) is 3.88. The molecule has 2 N–H and O–H groups in total. The largest absolute Gasteiger partial charge is 0.324 e. The minimum atomic E-state index is 0.0825. The zero-order valence-corrected chi connectivity index (χ0v) is 12.1. The Bertz CT molecular complexity index is 494. The fourth-order valence-electron chi connectivity index (χ4n) is 2.26. The molecule has 96 valence electrons. The maximum absolute atomic E-state index is 6.39. The summed E-state index contributed by atoms with van der Waals surface area (Å²) in [5, 5.41) is 2.11. The van der Waals surface area contributed by atoms with Crippen molar-refractivity contribution in [1.29, 1.82) is 0 Å². The first-order chi connectivity index (χ1) is 8.48. The first kappa shape index (κ1) is 13.3. The van der Waals surface area contributed by atoms with Gasteiger partial charge in [-0.25, -0.2) is 0 Å². The Morgan fingerprint density at radius 1 is 1.11 bits per heavy atom. The number of hydrogen-bond donors (Lipinski definition) is 1. The van der Waals surface area contributed by atoms with Gasteiger partial charge in [0.1, 0.15) is 0 Å². The quantitative estimate of drug-likeness (QED) is 0.874. The van der Waals surface area contributed by atoms with Crippen LogP contribution in [0.1, 0.15) is 42.8 Å². The average molecular weight is 259 g/mol. The van der Waals surface area contributed by atoms with E-state index >= 15 is 0 Å². The van der Waals surface area contributed by atoms with Crippen LogP contribution >= 0.6 is 11.3 Å². The van der Waals surface area contributed by atoms with E-state index < -0.39 is 0 Å². The van der Waals surface area contributed by atoms with Crippen molar-refractivity contribution in [2.45, 2.75) is 38.6 Å². The topological polar surface area (TPSA) is 26.0 Å². The molecule has 1 heterocycles. The van der Waals surface area contributed by atoms with Gasteiger partial charge in [-0.1, -0.05) is 51.1 Å². The van der Waals surface area contributed by atoms with Crippen LogP contribution in [-0.2, 0) is 11.8 Å². The molecule has 0 aliphatic carbocycles. The van der Waals surface area contributed by atoms with Crippen LogP contribution in [-0.4, -0.2) is 0 Å². The smallest absolute Gasteiger partial charge is 0.0346 e. The molecule has 1 unspecified atom stereocenters. The van der Waals surface area contributed by atoms with Gasteiger partial charge in [-0.05, 0) is 28.0 Å². The van der Waals surface area contributed by atoms with Crippen molar-refractivity contribution < 1.29 is 0 Å². The third kappa shape index (κ3) is 3.01. The summed E-state index contributed by atoms with van der Waals surface area (Å²) in [5.74, 6) is 0. The highest BCUT2D eigenvalue weighted by Crippen LogP contribution is 2.30. The van der Waals surface area contributed by atoms with Crippen molar-refractivity contribution in [1.82, 2.24) is 0 Å². The highest BCUT2D eigenvalue weighted by Gasteiger charge is 2.20. The number of thiophene rings is 1. The molecule has 2 rings (SSSR count). The summed E-state index contributed by atoms with van der Waals surface area (Å²) >= 11 is 1.78. The van der Waals surface area contributed by atoms with Crippen molar-refractivity contribution in [2.75, 3.05) is 0 Å². The molecule has 0 saturated heterocycles. The number of rotatable bonds is 3. The molecule has 2 aromatic rings. The van der Waals surface area contributed by atoms with Gasteiger partial charge in [0.15, 0.2) is 0 Å². The normalized spacial score (nSPS) is 13.6. The number of benzene rings is 1. The fraction of sp³-hybridized carbons (Fsp3) is 0.375. The summed E-state index contributed by atoms with van der Waals surface area (Å²) in [6.45, 7) is 6.72. The van der Waals surface area contributed by atoms with Gasteiger partial charge < -0.3 is 5.73 Å². The van der Waals surface area contributed by atoms with Crippen molar-refractivity contribution >= 4 is 11.3 Å². The molecular weight excluding hydrogens is 238 g/mol. The second-order valence-corrected chi connectivity index (χ2v) is 6.76. The molecule has 18 heavy (non-hydrogen) atoms. The fourth-order valence-corrected chi connectivity index (χ4v) is 3.02. The first-order valence-corrected chi connectivity index (χ1v) is 7.24. The summed E-state index contributed by atoms with van der Waals surface area (Å²) in [7, 11) is 0. The van der Waals surface area contributed by atoms with Crippen molar-refractivity contribution in [3.8, 4) is 0 Å². The second kappa shape index (κ2) is 5.25. The van der Waals surface area contributed by atoms with Crippen LogP contribution in [0.2, 0.25) is 0 Å². The predicted molar refractivity (Wildman–Crippen MR) is 80.1 cm³/mol. The summed E-state index contributed by atoms with van der Waals surface area (Å²) in [5.41, 5.74) is 9.16. The van der Waals surface area contributed by atoms with E-state index in [4.69, 9.17) is 5.73 Å². The lowest BCUT2D eigenvalue weighted by Gasteiger charge is -2.25. The molecule has 1 aromatic carbocycles. The summed E-state index contributed by atoms with van der Waals surface area (Å²) in [4.78, 5) is 1.35. The predicted octanol–water partition coefficient (Wildman–Crippen LogP) is 4.29. The number of hydrogen-bond acceptors (Lipinski definition) is 2. The third-order valence-corrected chi connectivity index (χ3v) is 4.07. The molecule has 0 amide bonds. The minimum Gasteiger partial charge on any atom is -0.324 e. The van der Waals surface area contributed by atoms with E-state index in [0.29, 0.717) is 0 Å². The van der Waals surface area contributed by atoms with Gasteiger partial charge in [0.25, 0.3) is 0 Å². The second-order valence-electron chi connectivity index (χ2n) is 5.73. The van der Waals surface area contributed by atoms with E-state index in [1.165, 1.54) is 16.0 Å². The lowest BCUT2D eigenvalue weighted by molar-refractivity contribution is 0.569. The van der Waals surface area contributed by atoms with Gasteiger partial charge in [0, 0.05) is 17.3 Å². The molecule has 2 heteroatoms. The van der Waals surface area contributed by atoms with Crippen LogP contribution in [0.3, 0.4) is 0 Å². The summed E-state index contributed by atoms with van der Waals surface area (Å²) < 4.78 is 0. The Labute approximate surface area is 114 Å². The van der Waals surface area contributed by atoms with Gasteiger partial charge in [-0.3, -0.25) is 0 Å². The van der Waals surface area contributed by atoms with Crippen LogP contribution in [0.15, 0.2) is 41.8 Å². The molecule has 1 nitrogen and oxygen atoms in total. The lowest BCUT2D eigenvalue weighted by atomic mass is 9.81. The standard InChI is InChI=1S/C16H21NS/c1-16(2,3)14-9-5-4-8-13(14)15(17)11-12-7-6-10-18-12/h4-10,15H,11,17H2,1-3H3. The Balaban J connectivity index is 2.27. The maximum Gasteiger partial charge on any atom is 0.0346 e. The van der Waals surface area contributed by atoms with E-state index in [2.05, 4.69) is 62.5 Å². The zero-order valence-electron chi connectivity index (χ0n) is 11.3. The summed E-state index contributed by atoms with van der Waals surface area (Å²) in [6, 6.07) is 12.9. The monoisotopic (exact) mass is 259 g/mol. The van der Waals surface area contributed by atoms with E-state index in [-0.39, 0.29) is 11.5 Å². The molecule has 1 aromatic heterocycles. The van der Waals surface area contributed by atoms with Crippen molar-refractivity contribution in [3.63, 3.8) is 0 Å². The molecule has 0 bridgehead atoms. The van der Waals surface area contributed by atoms with E-state index in [9.17, 15) is 0 Å². The Hall–Kier alpha value is -1.12. The Morgan fingerprint density at radius 3 is 2.44 bits per heavy atom. The van der Waals surface area contributed by atoms with E-state index in [1.54, 1.807) is 11.3 Å². The van der Waals surface area contributed by atoms with E-state index in [0.717, 1.165) is 6.42 Å². The van der Waals surface area contributed by atoms with Crippen LogP contribution in [0.5, 0.6) is 0 Å². The lowest BCUT2D eigenvalue weighted by Crippen LogP contribution is -2.21. The van der Waals surface area contributed by atoms with Crippen LogP contribution < -0.4 is 5.73 Å². The van der Waals surface area contributed by atoms with Crippen LogP contribution in [0, 0.1) is 0 Å². The van der Waals surface area contributed by atoms with Gasteiger partial charge in [0.2, 0.25) is 0 Å². The maximum atomic E-state index is 6.39. The molecule has 1 atom stereocenters. The van der Waals surface area contributed by atoms with Gasteiger partial charge in [-0.2, -0.15) is 0 Å². The highest BCUT2D eigenvalue weighted by molar-refractivity contribution is 7.09. The van der Waals surface area contributed by atoms with Crippen molar-refractivity contribution in [2.24, 2.45) is 5.73 Å². The van der Waals surface area contributed by atoms with Crippen LogP contribution in [0.4, 0.5) is 0 Å². The van der Waals surface area contributed by atoms with Crippen molar-refractivity contribution in [3.05, 3.63) is 57.8 Å². The highest BCUT2D eigenvalue weighted by atomic mass is 32.1. The SMILES string of the molecule is CC(C)(C)c1ccccc1C(N)Cc1cccs1. The van der Waals surface area contributed by atoms with Gasteiger partial charge in [0.05, 0.1) is 0 Å². The van der Waals surface area contributed by atoms with E-state index in [1.807, 2.05) is 0 Å². The average Bonchev–Trinajstić information content (AvgIpc) is 2.80. The van der Waals surface area contributed by atoms with Crippen LogP contribution in [0.25, 0.3) is 0 Å².